The van der Waals surface area contributed by atoms with Crippen molar-refractivity contribution >= 4 is 33.2 Å². The van der Waals surface area contributed by atoms with Gasteiger partial charge < -0.3 is 10.6 Å². The predicted octanol–water partition coefficient (Wildman–Crippen LogP) is 2.36. The molecule has 4 nitrogen and oxygen atoms in total. The molecule has 0 aromatic carbocycles. The van der Waals surface area contributed by atoms with E-state index in [1.54, 1.807) is 17.5 Å². The first kappa shape index (κ1) is 12.5. The summed E-state index contributed by atoms with van der Waals surface area (Å²) < 4.78 is 1.10. The highest BCUT2D eigenvalue weighted by molar-refractivity contribution is 9.11. The highest BCUT2D eigenvalue weighted by Gasteiger charge is 2.07. The van der Waals surface area contributed by atoms with Crippen LogP contribution in [0.25, 0.3) is 10.6 Å². The molecule has 0 aliphatic carbocycles. The maximum absolute atomic E-state index is 5.52. The molecule has 0 atom stereocenters. The van der Waals surface area contributed by atoms with Gasteiger partial charge in [0.15, 0.2) is 0 Å². The summed E-state index contributed by atoms with van der Waals surface area (Å²) in [6.45, 7) is 1.34. The van der Waals surface area contributed by atoms with Gasteiger partial charge in [0.25, 0.3) is 0 Å². The lowest BCUT2D eigenvalue weighted by Gasteiger charge is -2.15. The summed E-state index contributed by atoms with van der Waals surface area (Å²) in [5, 5.41) is 0. The zero-order chi connectivity index (χ0) is 12.3. The van der Waals surface area contributed by atoms with Crippen molar-refractivity contribution < 1.29 is 0 Å². The molecule has 0 aliphatic rings. The molecule has 0 saturated heterocycles. The number of anilines is 1. The standard InChI is InChI=1S/C11H13BrN4S/c1-16(7-5-13)11-14-6-4-8(15-11)9-2-3-10(12)17-9/h2-4,6H,5,7,13H2,1H3. The molecule has 0 saturated carbocycles. The van der Waals surface area contributed by atoms with Gasteiger partial charge in [0, 0.05) is 26.3 Å². The first-order valence-corrected chi connectivity index (χ1v) is 6.81. The Labute approximate surface area is 113 Å². The fraction of sp³-hybridized carbons (Fsp3) is 0.273. The van der Waals surface area contributed by atoms with Crippen LogP contribution < -0.4 is 10.6 Å². The molecule has 0 fully saturated rings. The summed E-state index contributed by atoms with van der Waals surface area (Å²) in [6, 6.07) is 5.98. The van der Waals surface area contributed by atoms with Gasteiger partial charge in [0.2, 0.25) is 5.95 Å². The number of hydrogen-bond acceptors (Lipinski definition) is 5. The Morgan fingerprint density at radius 1 is 1.41 bits per heavy atom. The fourth-order valence-electron chi connectivity index (χ4n) is 1.42. The van der Waals surface area contributed by atoms with Crippen LogP contribution in [0.4, 0.5) is 5.95 Å². The molecule has 6 heteroatoms. The SMILES string of the molecule is CN(CCN)c1nccc(-c2ccc(Br)s2)n1. The first-order chi connectivity index (χ1) is 8.20. The number of likely N-dealkylation sites (N-methyl/N-ethyl adjacent to an activating group) is 1. The molecule has 90 valence electrons. The summed E-state index contributed by atoms with van der Waals surface area (Å²) >= 11 is 5.11. The number of halogens is 1. The van der Waals surface area contributed by atoms with Crippen molar-refractivity contribution in [1.29, 1.82) is 0 Å². The molecule has 2 aromatic rings. The summed E-state index contributed by atoms with van der Waals surface area (Å²) in [5.41, 5.74) is 6.46. The van der Waals surface area contributed by atoms with Crippen molar-refractivity contribution in [3.8, 4) is 10.6 Å². The molecule has 0 spiro atoms. The quantitative estimate of drug-likeness (QED) is 0.941. The van der Waals surface area contributed by atoms with Crippen LogP contribution in [0.15, 0.2) is 28.2 Å². The Bertz CT molecular complexity index is 500. The molecule has 0 amide bonds. The predicted molar refractivity (Wildman–Crippen MR) is 75.4 cm³/mol. The van der Waals surface area contributed by atoms with Crippen LogP contribution >= 0.6 is 27.3 Å². The molecule has 2 N–H and O–H groups in total. The number of nitrogens with two attached hydrogens (primary N) is 1. The Balaban J connectivity index is 2.28. The van der Waals surface area contributed by atoms with Gasteiger partial charge in [-0.25, -0.2) is 9.97 Å². The summed E-state index contributed by atoms with van der Waals surface area (Å²) in [5.74, 6) is 0.706. The maximum atomic E-state index is 5.52. The lowest BCUT2D eigenvalue weighted by atomic mass is 10.3. The minimum Gasteiger partial charge on any atom is -0.343 e. The highest BCUT2D eigenvalue weighted by atomic mass is 79.9. The smallest absolute Gasteiger partial charge is 0.225 e. The van der Waals surface area contributed by atoms with E-state index < -0.39 is 0 Å². The van der Waals surface area contributed by atoms with Gasteiger partial charge in [-0.1, -0.05) is 0 Å². The Morgan fingerprint density at radius 3 is 2.88 bits per heavy atom. The van der Waals surface area contributed by atoms with Gasteiger partial charge >= 0.3 is 0 Å². The number of rotatable bonds is 4. The van der Waals surface area contributed by atoms with Crippen LogP contribution in [-0.2, 0) is 0 Å². The summed E-state index contributed by atoms with van der Waals surface area (Å²) in [7, 11) is 1.94. The van der Waals surface area contributed by atoms with Crippen LogP contribution in [0, 0.1) is 0 Å². The van der Waals surface area contributed by atoms with Crippen molar-refractivity contribution in [2.75, 3.05) is 25.0 Å². The molecule has 2 heterocycles. The lowest BCUT2D eigenvalue weighted by Crippen LogP contribution is -2.26. The molecule has 0 bridgehead atoms. The minimum atomic E-state index is 0.592. The first-order valence-electron chi connectivity index (χ1n) is 5.20. The van der Waals surface area contributed by atoms with E-state index in [9.17, 15) is 0 Å². The van der Waals surface area contributed by atoms with E-state index >= 15 is 0 Å². The van der Waals surface area contributed by atoms with Crippen molar-refractivity contribution in [2.45, 2.75) is 0 Å². The number of hydrogen-bond donors (Lipinski definition) is 1. The zero-order valence-corrected chi connectivity index (χ0v) is 11.8. The number of thiophene rings is 1. The van der Waals surface area contributed by atoms with Gasteiger partial charge in [0.05, 0.1) is 14.4 Å². The lowest BCUT2D eigenvalue weighted by molar-refractivity contribution is 0.847. The Kier molecular flexibility index (Phi) is 4.09. The molecule has 2 aromatic heterocycles. The van der Waals surface area contributed by atoms with E-state index in [1.165, 1.54) is 0 Å². The van der Waals surface area contributed by atoms with Crippen LogP contribution in [-0.4, -0.2) is 30.1 Å². The zero-order valence-electron chi connectivity index (χ0n) is 9.43. The van der Waals surface area contributed by atoms with Crippen LogP contribution in [0.3, 0.4) is 0 Å². The third-order valence-electron chi connectivity index (χ3n) is 2.27. The second kappa shape index (κ2) is 5.57. The van der Waals surface area contributed by atoms with Crippen molar-refractivity contribution in [3.05, 3.63) is 28.2 Å². The molecule has 0 unspecified atom stereocenters. The van der Waals surface area contributed by atoms with Gasteiger partial charge in [-0.2, -0.15) is 0 Å². The van der Waals surface area contributed by atoms with E-state index in [1.807, 2.05) is 30.1 Å². The summed E-state index contributed by atoms with van der Waals surface area (Å²) in [4.78, 5) is 11.8. The van der Waals surface area contributed by atoms with Gasteiger partial charge in [-0.3, -0.25) is 0 Å². The number of nitrogens with zero attached hydrogens (tertiary/aromatic N) is 3. The van der Waals surface area contributed by atoms with Gasteiger partial charge in [-0.05, 0) is 34.1 Å². The molecular formula is C11H13BrN4S. The maximum Gasteiger partial charge on any atom is 0.225 e. The highest BCUT2D eigenvalue weighted by Crippen LogP contribution is 2.30. The Morgan fingerprint density at radius 2 is 2.24 bits per heavy atom. The van der Waals surface area contributed by atoms with Crippen molar-refractivity contribution in [1.82, 2.24) is 9.97 Å². The van der Waals surface area contributed by atoms with E-state index in [2.05, 4.69) is 25.9 Å². The second-order valence-corrected chi connectivity index (χ2v) is 6.02. The monoisotopic (exact) mass is 312 g/mol. The molecule has 0 radical (unpaired) electrons. The summed E-state index contributed by atoms with van der Waals surface area (Å²) in [6.07, 6.45) is 1.78. The van der Waals surface area contributed by atoms with Crippen LogP contribution in [0.5, 0.6) is 0 Å². The third kappa shape index (κ3) is 3.02. The average Bonchev–Trinajstić information content (AvgIpc) is 2.76. The number of aromatic nitrogens is 2. The van der Waals surface area contributed by atoms with Crippen LogP contribution in [0.2, 0.25) is 0 Å². The van der Waals surface area contributed by atoms with Gasteiger partial charge in [0.1, 0.15) is 0 Å². The molecular weight excluding hydrogens is 300 g/mol. The fourth-order valence-corrected chi connectivity index (χ4v) is 2.77. The largest absolute Gasteiger partial charge is 0.343 e. The normalized spacial score (nSPS) is 10.5. The van der Waals surface area contributed by atoms with Gasteiger partial charge in [-0.15, -0.1) is 11.3 Å². The topological polar surface area (TPSA) is 55.0 Å². The van der Waals surface area contributed by atoms with Crippen molar-refractivity contribution in [3.63, 3.8) is 0 Å². The molecule has 2 rings (SSSR count). The van der Waals surface area contributed by atoms with E-state index in [-0.39, 0.29) is 0 Å². The molecule has 17 heavy (non-hydrogen) atoms. The minimum absolute atomic E-state index is 0.592. The van der Waals surface area contributed by atoms with E-state index in [0.29, 0.717) is 12.5 Å². The van der Waals surface area contributed by atoms with Crippen LogP contribution in [0.1, 0.15) is 0 Å². The molecule has 0 aliphatic heterocycles. The average molecular weight is 313 g/mol. The third-order valence-corrected chi connectivity index (χ3v) is 3.92. The van der Waals surface area contributed by atoms with E-state index in [4.69, 9.17) is 5.73 Å². The second-order valence-electron chi connectivity index (χ2n) is 3.56. The van der Waals surface area contributed by atoms with Crippen molar-refractivity contribution in [2.24, 2.45) is 5.73 Å². The Hall–Kier alpha value is -0.980. The van der Waals surface area contributed by atoms with E-state index in [0.717, 1.165) is 20.9 Å².